The van der Waals surface area contributed by atoms with Gasteiger partial charge in [-0.1, -0.05) is 30.4 Å². The molecule has 0 aliphatic rings. The van der Waals surface area contributed by atoms with E-state index in [0.29, 0.717) is 0 Å². The minimum Gasteiger partial charge on any atom is -0.319 e. The Balaban J connectivity index is 0.000000277. The van der Waals surface area contributed by atoms with E-state index < -0.39 is 0 Å². The van der Waals surface area contributed by atoms with Crippen molar-refractivity contribution >= 4 is 12.4 Å². The molecule has 0 amide bonds. The molecule has 0 fully saturated rings. The standard InChI is InChI=1S/C13H10FN.C7H13NO/c1-2-10-6-7-15-13(8-10)11-4-3-5-12(14)9-11;1-7(4-6-9)3-5-8-2/h2-9H,1H2;4,6,8H,3,5H2,1-2H3/b;7-4-. The van der Waals surface area contributed by atoms with Gasteiger partial charge in [-0.2, -0.15) is 0 Å². The van der Waals surface area contributed by atoms with Crippen LogP contribution in [0, 0.1) is 5.82 Å². The number of hydrogen-bond acceptors (Lipinski definition) is 3. The van der Waals surface area contributed by atoms with Gasteiger partial charge >= 0.3 is 0 Å². The third kappa shape index (κ3) is 7.11. The lowest BCUT2D eigenvalue weighted by Crippen LogP contribution is -2.07. The van der Waals surface area contributed by atoms with Crippen LogP contribution in [-0.4, -0.2) is 24.9 Å². The average molecular weight is 326 g/mol. The first kappa shape index (κ1) is 19.5. The van der Waals surface area contributed by atoms with Crippen LogP contribution in [0.2, 0.25) is 0 Å². The summed E-state index contributed by atoms with van der Waals surface area (Å²) in [6.07, 6.45) is 6.80. The van der Waals surface area contributed by atoms with Gasteiger partial charge in [-0.15, -0.1) is 0 Å². The Morgan fingerprint density at radius 1 is 1.33 bits per heavy atom. The van der Waals surface area contributed by atoms with E-state index in [0.717, 1.165) is 41.6 Å². The molecule has 1 N–H and O–H groups in total. The Morgan fingerprint density at radius 3 is 2.75 bits per heavy atom. The van der Waals surface area contributed by atoms with Crippen LogP contribution in [0.3, 0.4) is 0 Å². The maximum Gasteiger partial charge on any atom is 0.142 e. The third-order valence-electron chi connectivity index (χ3n) is 3.26. The quantitative estimate of drug-likeness (QED) is 0.636. The number of hydrogen-bond donors (Lipinski definition) is 1. The summed E-state index contributed by atoms with van der Waals surface area (Å²) in [5, 5.41) is 3.00. The highest BCUT2D eigenvalue weighted by Gasteiger charge is 2.00. The smallest absolute Gasteiger partial charge is 0.142 e. The van der Waals surface area contributed by atoms with Gasteiger partial charge in [-0.3, -0.25) is 9.78 Å². The van der Waals surface area contributed by atoms with E-state index in [1.165, 1.54) is 12.1 Å². The molecule has 1 aromatic heterocycles. The minimum absolute atomic E-state index is 0.252. The second-order valence-electron chi connectivity index (χ2n) is 5.19. The number of pyridine rings is 1. The number of carbonyl (C=O) groups excluding carboxylic acids is 1. The number of benzene rings is 1. The van der Waals surface area contributed by atoms with Crippen molar-refractivity contribution in [3.8, 4) is 11.3 Å². The molecule has 0 saturated heterocycles. The fourth-order valence-corrected chi connectivity index (χ4v) is 1.90. The summed E-state index contributed by atoms with van der Waals surface area (Å²) in [5.74, 6) is -0.252. The third-order valence-corrected chi connectivity index (χ3v) is 3.26. The summed E-state index contributed by atoms with van der Waals surface area (Å²) in [5.41, 5.74) is 3.63. The zero-order valence-corrected chi connectivity index (χ0v) is 14.1. The molecule has 2 rings (SSSR count). The first-order chi connectivity index (χ1) is 11.6. The minimum atomic E-state index is -0.252. The molecule has 0 aliphatic carbocycles. The number of aldehydes is 1. The highest BCUT2D eigenvalue weighted by atomic mass is 19.1. The summed E-state index contributed by atoms with van der Waals surface area (Å²) in [4.78, 5) is 14.1. The number of rotatable bonds is 6. The number of nitrogens with zero attached hydrogens (tertiary/aromatic N) is 1. The van der Waals surface area contributed by atoms with E-state index in [2.05, 4.69) is 16.9 Å². The second kappa shape index (κ2) is 11.0. The maximum atomic E-state index is 13.0. The molecule has 0 bridgehead atoms. The molecule has 24 heavy (non-hydrogen) atoms. The number of halogens is 1. The highest BCUT2D eigenvalue weighted by Crippen LogP contribution is 2.18. The van der Waals surface area contributed by atoms with Crippen molar-refractivity contribution in [2.75, 3.05) is 13.6 Å². The van der Waals surface area contributed by atoms with Gasteiger partial charge in [0.05, 0.1) is 5.69 Å². The molecule has 0 spiro atoms. The normalized spacial score (nSPS) is 10.5. The summed E-state index contributed by atoms with van der Waals surface area (Å²) in [6.45, 7) is 6.57. The van der Waals surface area contributed by atoms with Crippen molar-refractivity contribution < 1.29 is 9.18 Å². The zero-order chi connectivity index (χ0) is 17.8. The molecule has 0 aliphatic heterocycles. The van der Waals surface area contributed by atoms with E-state index in [1.54, 1.807) is 24.4 Å². The predicted molar refractivity (Wildman–Crippen MR) is 98.1 cm³/mol. The van der Waals surface area contributed by atoms with Gasteiger partial charge in [0, 0.05) is 11.8 Å². The molecular weight excluding hydrogens is 303 g/mol. The van der Waals surface area contributed by atoms with Crippen LogP contribution in [0.1, 0.15) is 18.9 Å². The first-order valence-electron chi connectivity index (χ1n) is 7.70. The molecule has 1 heterocycles. The zero-order valence-electron chi connectivity index (χ0n) is 14.1. The van der Waals surface area contributed by atoms with Crippen LogP contribution < -0.4 is 5.32 Å². The van der Waals surface area contributed by atoms with Crippen molar-refractivity contribution in [1.82, 2.24) is 10.3 Å². The van der Waals surface area contributed by atoms with Gasteiger partial charge < -0.3 is 5.32 Å². The van der Waals surface area contributed by atoms with Gasteiger partial charge in [0.2, 0.25) is 0 Å². The van der Waals surface area contributed by atoms with Gasteiger partial charge in [0.15, 0.2) is 0 Å². The number of nitrogens with one attached hydrogen (secondary N) is 1. The Morgan fingerprint density at radius 2 is 2.12 bits per heavy atom. The van der Waals surface area contributed by atoms with E-state index in [4.69, 9.17) is 0 Å². The highest BCUT2D eigenvalue weighted by molar-refractivity contribution is 5.65. The van der Waals surface area contributed by atoms with Gasteiger partial charge in [-0.25, -0.2) is 4.39 Å². The molecule has 4 heteroatoms. The molecule has 126 valence electrons. The average Bonchev–Trinajstić information content (AvgIpc) is 2.61. The van der Waals surface area contributed by atoms with Crippen LogP contribution in [0.4, 0.5) is 4.39 Å². The summed E-state index contributed by atoms with van der Waals surface area (Å²) < 4.78 is 13.0. The van der Waals surface area contributed by atoms with Crippen molar-refractivity contribution in [2.24, 2.45) is 0 Å². The Kier molecular flexibility index (Phi) is 8.94. The van der Waals surface area contributed by atoms with E-state index in [1.807, 2.05) is 32.2 Å². The lowest BCUT2D eigenvalue weighted by atomic mass is 10.1. The lowest BCUT2D eigenvalue weighted by molar-refractivity contribution is -0.104. The first-order valence-corrected chi connectivity index (χ1v) is 7.70. The molecule has 0 unspecified atom stereocenters. The van der Waals surface area contributed by atoms with Crippen LogP contribution in [-0.2, 0) is 4.79 Å². The van der Waals surface area contributed by atoms with Crippen LogP contribution in [0.5, 0.6) is 0 Å². The molecule has 0 saturated carbocycles. The summed E-state index contributed by atoms with van der Waals surface area (Å²) in [7, 11) is 1.90. The number of carbonyl (C=O) groups is 1. The van der Waals surface area contributed by atoms with E-state index in [-0.39, 0.29) is 5.82 Å². The van der Waals surface area contributed by atoms with E-state index in [9.17, 15) is 9.18 Å². The summed E-state index contributed by atoms with van der Waals surface area (Å²) in [6, 6.07) is 10.1. The Hall–Kier alpha value is -2.59. The van der Waals surface area contributed by atoms with Crippen LogP contribution >= 0.6 is 0 Å². The summed E-state index contributed by atoms with van der Waals surface area (Å²) >= 11 is 0. The monoisotopic (exact) mass is 326 g/mol. The fourth-order valence-electron chi connectivity index (χ4n) is 1.90. The SMILES string of the molecule is C=Cc1ccnc(-c2cccc(F)c2)c1.CNCC/C(C)=C\C=O. The second-order valence-corrected chi connectivity index (χ2v) is 5.19. The number of aromatic nitrogens is 1. The van der Waals surface area contributed by atoms with E-state index >= 15 is 0 Å². The molecule has 3 nitrogen and oxygen atoms in total. The topological polar surface area (TPSA) is 42.0 Å². The van der Waals surface area contributed by atoms with Crippen molar-refractivity contribution in [3.05, 3.63) is 72.2 Å². The van der Waals surface area contributed by atoms with Crippen LogP contribution in [0.25, 0.3) is 17.3 Å². The molecule has 0 atom stereocenters. The Bertz CT molecular complexity index is 696. The van der Waals surface area contributed by atoms with Crippen molar-refractivity contribution in [3.63, 3.8) is 0 Å². The largest absolute Gasteiger partial charge is 0.319 e. The van der Waals surface area contributed by atoms with Gasteiger partial charge in [0.1, 0.15) is 12.1 Å². The molecule has 1 aromatic carbocycles. The molecule has 0 radical (unpaired) electrons. The molecule has 2 aromatic rings. The Labute approximate surface area is 142 Å². The fraction of sp³-hybridized carbons (Fsp3) is 0.200. The van der Waals surface area contributed by atoms with Crippen molar-refractivity contribution in [1.29, 1.82) is 0 Å². The van der Waals surface area contributed by atoms with Gasteiger partial charge in [-0.05, 0) is 62.8 Å². The maximum absolute atomic E-state index is 13.0. The predicted octanol–water partition coefficient (Wildman–Crippen LogP) is 4.27. The van der Waals surface area contributed by atoms with Crippen LogP contribution in [0.15, 0.2) is 60.8 Å². The number of allylic oxidation sites excluding steroid dienone is 1. The lowest BCUT2D eigenvalue weighted by Gasteiger charge is -2.01. The van der Waals surface area contributed by atoms with Gasteiger partial charge in [0.25, 0.3) is 0 Å². The van der Waals surface area contributed by atoms with Crippen molar-refractivity contribution in [2.45, 2.75) is 13.3 Å². The molecular formula is C20H23FN2O.